The molecule has 8 heteroatoms. The van der Waals surface area contributed by atoms with Gasteiger partial charge in [0.15, 0.2) is 5.58 Å². The zero-order valence-electron chi connectivity index (χ0n) is 13.2. The third-order valence-corrected chi connectivity index (χ3v) is 7.30. The summed E-state index contributed by atoms with van der Waals surface area (Å²) in [5.74, 6) is -0.606. The van der Waals surface area contributed by atoms with Crippen molar-refractivity contribution in [3.05, 3.63) is 28.7 Å². The average Bonchev–Trinajstić information content (AvgIpc) is 3.09. The van der Waals surface area contributed by atoms with E-state index in [1.165, 1.54) is 22.5 Å². The lowest BCUT2D eigenvalue weighted by Gasteiger charge is -2.41. The van der Waals surface area contributed by atoms with Gasteiger partial charge in [-0.1, -0.05) is 6.42 Å². The smallest absolute Gasteiger partial charge is 0.408 e. The Morgan fingerprint density at radius 1 is 1.29 bits per heavy atom. The molecular formula is C16H20N2O5S. The molecule has 7 nitrogen and oxygen atoms in total. The van der Waals surface area contributed by atoms with Crippen molar-refractivity contribution in [2.45, 2.75) is 43.1 Å². The van der Waals surface area contributed by atoms with Crippen LogP contribution in [-0.2, 0) is 10.0 Å². The molecule has 2 fully saturated rings. The number of benzene rings is 1. The van der Waals surface area contributed by atoms with E-state index in [1.54, 1.807) is 0 Å². The minimum atomic E-state index is -3.67. The highest BCUT2D eigenvalue weighted by molar-refractivity contribution is 7.89. The topological polar surface area (TPSA) is 104 Å². The maximum absolute atomic E-state index is 13.0. The van der Waals surface area contributed by atoms with Crippen molar-refractivity contribution in [3.8, 4) is 0 Å². The molecule has 2 atom stereocenters. The summed E-state index contributed by atoms with van der Waals surface area (Å²) >= 11 is 0. The molecule has 24 heavy (non-hydrogen) atoms. The molecule has 2 heterocycles. The van der Waals surface area contributed by atoms with Crippen LogP contribution < -0.4 is 5.76 Å². The number of aromatic nitrogens is 1. The molecule has 0 unspecified atom stereocenters. The average molecular weight is 352 g/mol. The van der Waals surface area contributed by atoms with Crippen molar-refractivity contribution < 1.29 is 17.9 Å². The number of nitrogens with one attached hydrogen (secondary N) is 1. The van der Waals surface area contributed by atoms with Crippen LogP contribution in [0, 0.1) is 5.41 Å². The second-order valence-electron chi connectivity index (χ2n) is 6.89. The number of hydrogen-bond donors (Lipinski definition) is 2. The third kappa shape index (κ3) is 2.40. The van der Waals surface area contributed by atoms with Crippen LogP contribution >= 0.6 is 0 Å². The monoisotopic (exact) mass is 352 g/mol. The predicted octanol–water partition coefficient (Wildman–Crippen LogP) is 1.44. The molecule has 130 valence electrons. The summed E-state index contributed by atoms with van der Waals surface area (Å²) in [4.78, 5) is 13.9. The molecule has 2 aliphatic rings. The Morgan fingerprint density at radius 2 is 2.08 bits per heavy atom. The molecule has 1 aromatic carbocycles. The number of rotatable bonds is 2. The SMILES string of the molecule is O=c1[nH]c2cc(S(=O)(=O)N3CCC[C@@]4(CCC[C@H]4O)C3)ccc2o1. The normalized spacial score (nSPS) is 28.8. The fourth-order valence-electron chi connectivity index (χ4n) is 4.16. The van der Waals surface area contributed by atoms with E-state index in [1.807, 2.05) is 0 Å². The van der Waals surface area contributed by atoms with E-state index in [2.05, 4.69) is 4.98 Å². The van der Waals surface area contributed by atoms with Crippen LogP contribution in [0.1, 0.15) is 32.1 Å². The second-order valence-corrected chi connectivity index (χ2v) is 8.82. The molecule has 1 aromatic heterocycles. The summed E-state index contributed by atoms with van der Waals surface area (Å²) in [6.07, 6.45) is 3.75. The molecule has 1 aliphatic carbocycles. The van der Waals surface area contributed by atoms with Gasteiger partial charge in [-0.3, -0.25) is 4.98 Å². The van der Waals surface area contributed by atoms with Crippen LogP contribution in [0.3, 0.4) is 0 Å². The highest BCUT2D eigenvalue weighted by Crippen LogP contribution is 2.46. The predicted molar refractivity (Wildman–Crippen MR) is 87.1 cm³/mol. The molecule has 2 N–H and O–H groups in total. The number of fused-ring (bicyclic) bond motifs is 1. The van der Waals surface area contributed by atoms with Gasteiger partial charge in [0.1, 0.15) is 0 Å². The lowest BCUT2D eigenvalue weighted by atomic mass is 9.77. The summed E-state index contributed by atoms with van der Waals surface area (Å²) < 4.78 is 32.4. The molecule has 1 spiro atoms. The zero-order chi connectivity index (χ0) is 16.9. The zero-order valence-corrected chi connectivity index (χ0v) is 14.0. The first-order valence-electron chi connectivity index (χ1n) is 8.22. The largest absolute Gasteiger partial charge is 0.417 e. The van der Waals surface area contributed by atoms with E-state index >= 15 is 0 Å². The molecule has 2 aromatic rings. The van der Waals surface area contributed by atoms with Gasteiger partial charge in [-0.05, 0) is 43.9 Å². The first kappa shape index (κ1) is 15.9. The van der Waals surface area contributed by atoms with Gasteiger partial charge in [0, 0.05) is 18.5 Å². The van der Waals surface area contributed by atoms with Crippen molar-refractivity contribution in [3.63, 3.8) is 0 Å². The fraction of sp³-hybridized carbons (Fsp3) is 0.562. The molecule has 1 saturated heterocycles. The Bertz CT molecular complexity index is 931. The number of oxazole rings is 1. The highest BCUT2D eigenvalue weighted by Gasteiger charge is 2.47. The van der Waals surface area contributed by atoms with Crippen LogP contribution in [0.5, 0.6) is 0 Å². The Kier molecular flexibility index (Phi) is 3.59. The van der Waals surface area contributed by atoms with Crippen molar-refractivity contribution >= 4 is 21.1 Å². The second kappa shape index (κ2) is 5.44. The number of aliphatic hydroxyl groups excluding tert-OH is 1. The molecule has 1 saturated carbocycles. The summed E-state index contributed by atoms with van der Waals surface area (Å²) in [6.45, 7) is 0.813. The first-order valence-corrected chi connectivity index (χ1v) is 9.66. The maximum atomic E-state index is 13.0. The Labute approximate surface area is 139 Å². The van der Waals surface area contributed by atoms with Crippen molar-refractivity contribution in [2.75, 3.05) is 13.1 Å². The van der Waals surface area contributed by atoms with Gasteiger partial charge in [-0.2, -0.15) is 4.31 Å². The van der Waals surface area contributed by atoms with Gasteiger partial charge in [-0.25, -0.2) is 13.2 Å². The number of aliphatic hydroxyl groups is 1. The van der Waals surface area contributed by atoms with Crippen LogP contribution in [0.25, 0.3) is 11.1 Å². The molecule has 0 bridgehead atoms. The van der Waals surface area contributed by atoms with Gasteiger partial charge in [0.05, 0.1) is 16.5 Å². The van der Waals surface area contributed by atoms with Gasteiger partial charge in [0.25, 0.3) is 0 Å². The summed E-state index contributed by atoms with van der Waals surface area (Å²) in [5.41, 5.74) is 0.397. The number of H-pyrrole nitrogens is 1. The van der Waals surface area contributed by atoms with Crippen molar-refractivity contribution in [2.24, 2.45) is 5.41 Å². The number of nitrogens with zero attached hydrogens (tertiary/aromatic N) is 1. The summed E-state index contributed by atoms with van der Waals surface area (Å²) in [7, 11) is -3.67. The van der Waals surface area contributed by atoms with E-state index in [4.69, 9.17) is 4.42 Å². The Balaban J connectivity index is 1.69. The number of hydrogen-bond acceptors (Lipinski definition) is 5. The summed E-state index contributed by atoms with van der Waals surface area (Å²) in [5, 5.41) is 10.3. The van der Waals surface area contributed by atoms with Crippen molar-refractivity contribution in [1.82, 2.24) is 9.29 Å². The number of piperidine rings is 1. The van der Waals surface area contributed by atoms with Crippen LogP contribution in [0.4, 0.5) is 0 Å². The van der Waals surface area contributed by atoms with E-state index in [0.29, 0.717) is 24.2 Å². The van der Waals surface area contributed by atoms with Crippen molar-refractivity contribution in [1.29, 1.82) is 0 Å². The van der Waals surface area contributed by atoms with Gasteiger partial charge in [-0.15, -0.1) is 0 Å². The fourth-order valence-corrected chi connectivity index (χ4v) is 5.76. The van der Waals surface area contributed by atoms with Gasteiger partial charge >= 0.3 is 5.76 Å². The molecular weight excluding hydrogens is 332 g/mol. The highest BCUT2D eigenvalue weighted by atomic mass is 32.2. The minimum Gasteiger partial charge on any atom is -0.408 e. The van der Waals surface area contributed by atoms with E-state index in [-0.39, 0.29) is 10.3 Å². The minimum absolute atomic E-state index is 0.136. The molecule has 0 radical (unpaired) electrons. The van der Waals surface area contributed by atoms with E-state index < -0.39 is 21.9 Å². The maximum Gasteiger partial charge on any atom is 0.417 e. The standard InChI is InChI=1S/C16H20N2O5S/c19-14-3-1-6-16(14)7-2-8-18(10-16)24(21,22)11-4-5-13-12(9-11)17-15(20)23-13/h4-5,9,14,19H,1-3,6-8,10H2,(H,17,20)/t14-,16+/m1/s1. The number of sulfonamides is 1. The van der Waals surface area contributed by atoms with E-state index in [0.717, 1.165) is 32.1 Å². The molecule has 1 aliphatic heterocycles. The first-order chi connectivity index (χ1) is 11.4. The van der Waals surface area contributed by atoms with Gasteiger partial charge in [0.2, 0.25) is 10.0 Å². The number of aromatic amines is 1. The lowest BCUT2D eigenvalue weighted by molar-refractivity contribution is 0.0127. The lowest BCUT2D eigenvalue weighted by Crippen LogP contribution is -2.49. The van der Waals surface area contributed by atoms with Crippen LogP contribution in [-0.4, -0.2) is 42.0 Å². The Morgan fingerprint density at radius 3 is 2.83 bits per heavy atom. The molecule has 4 rings (SSSR count). The quantitative estimate of drug-likeness (QED) is 0.851. The van der Waals surface area contributed by atoms with Gasteiger partial charge < -0.3 is 9.52 Å². The van der Waals surface area contributed by atoms with Crippen LogP contribution in [0.2, 0.25) is 0 Å². The summed E-state index contributed by atoms with van der Waals surface area (Å²) in [6, 6.07) is 4.38. The Hall–Kier alpha value is -1.64. The van der Waals surface area contributed by atoms with E-state index in [9.17, 15) is 18.3 Å². The molecule has 0 amide bonds. The van der Waals surface area contributed by atoms with Crippen LogP contribution in [0.15, 0.2) is 32.3 Å². The third-order valence-electron chi connectivity index (χ3n) is 5.46.